The van der Waals surface area contributed by atoms with Crippen molar-refractivity contribution in [1.82, 2.24) is 5.32 Å². The van der Waals surface area contributed by atoms with Crippen LogP contribution in [-0.2, 0) is 6.54 Å². The highest BCUT2D eigenvalue weighted by atomic mass is 35.5. The van der Waals surface area contributed by atoms with E-state index in [0.717, 1.165) is 18.0 Å². The molecule has 3 nitrogen and oxygen atoms in total. The van der Waals surface area contributed by atoms with E-state index < -0.39 is 0 Å². The van der Waals surface area contributed by atoms with Crippen LogP contribution in [0.25, 0.3) is 0 Å². The van der Waals surface area contributed by atoms with E-state index in [1.54, 1.807) is 0 Å². The molecule has 4 rings (SSSR count). The number of nitrogens with one attached hydrogen (secondary N) is 1. The molecule has 1 N–H and O–H groups in total. The van der Waals surface area contributed by atoms with Gasteiger partial charge in [-0.2, -0.15) is 0 Å². The van der Waals surface area contributed by atoms with Crippen molar-refractivity contribution in [2.24, 2.45) is 0 Å². The lowest BCUT2D eigenvalue weighted by atomic mass is 10.1. The quantitative estimate of drug-likeness (QED) is 0.936. The molecule has 2 aromatic rings. The second-order valence-electron chi connectivity index (χ2n) is 5.72. The fraction of sp³-hybridized carbons (Fsp3) is 0.333. The number of ether oxygens (including phenoxy) is 2. The third-order valence-electron chi connectivity index (χ3n) is 4.19. The summed E-state index contributed by atoms with van der Waals surface area (Å²) in [5, 5.41) is 3.63. The first-order valence-corrected chi connectivity index (χ1v) is 7.57. The molecule has 1 aliphatic heterocycles. The van der Waals surface area contributed by atoms with Crippen LogP contribution in [0.4, 0.5) is 0 Å². The molecule has 2 unspecified atom stereocenters. The van der Waals surface area contributed by atoms with Gasteiger partial charge in [-0.15, -0.1) is 12.4 Å². The molecule has 0 amide bonds. The molecule has 2 aromatic carbocycles. The average Bonchev–Trinajstić information content (AvgIpc) is 3.33. The summed E-state index contributed by atoms with van der Waals surface area (Å²) >= 11 is 0. The van der Waals surface area contributed by atoms with Crippen molar-refractivity contribution in [3.8, 4) is 11.5 Å². The third kappa shape index (κ3) is 3.21. The highest BCUT2D eigenvalue weighted by Gasteiger charge is 2.37. The number of hydrogen-bond donors (Lipinski definition) is 1. The standard InChI is InChI=1S/C18H19NO2.ClH/c1-2-4-14(5-3-1)15-11-16(15)19-12-13-6-7-17-18(10-13)21-9-8-20-17;/h1-7,10,15-16,19H,8-9,11-12H2;1H. The van der Waals surface area contributed by atoms with Crippen LogP contribution >= 0.6 is 12.4 Å². The normalized spacial score (nSPS) is 21.8. The second-order valence-corrected chi connectivity index (χ2v) is 5.72. The van der Waals surface area contributed by atoms with E-state index in [1.165, 1.54) is 17.5 Å². The van der Waals surface area contributed by atoms with Crippen LogP contribution in [0.15, 0.2) is 48.5 Å². The molecule has 22 heavy (non-hydrogen) atoms. The molecule has 1 aliphatic carbocycles. The molecule has 2 atom stereocenters. The van der Waals surface area contributed by atoms with Crippen molar-refractivity contribution < 1.29 is 9.47 Å². The summed E-state index contributed by atoms with van der Waals surface area (Å²) in [4.78, 5) is 0. The summed E-state index contributed by atoms with van der Waals surface area (Å²) in [5.41, 5.74) is 2.69. The van der Waals surface area contributed by atoms with E-state index in [0.29, 0.717) is 25.2 Å². The number of halogens is 1. The molecule has 4 heteroatoms. The Kier molecular flexibility index (Phi) is 4.55. The van der Waals surface area contributed by atoms with Gasteiger partial charge in [-0.1, -0.05) is 36.4 Å². The van der Waals surface area contributed by atoms with Gasteiger partial charge in [0.25, 0.3) is 0 Å². The Hall–Kier alpha value is -1.71. The molecule has 1 fully saturated rings. The molecule has 0 bridgehead atoms. The fourth-order valence-electron chi connectivity index (χ4n) is 2.94. The van der Waals surface area contributed by atoms with Gasteiger partial charge >= 0.3 is 0 Å². The molecule has 0 spiro atoms. The van der Waals surface area contributed by atoms with E-state index in [1.807, 2.05) is 6.07 Å². The number of rotatable bonds is 4. The topological polar surface area (TPSA) is 30.5 Å². The van der Waals surface area contributed by atoms with E-state index in [4.69, 9.17) is 9.47 Å². The molecule has 2 aliphatic rings. The minimum atomic E-state index is 0. The Morgan fingerprint density at radius 3 is 2.55 bits per heavy atom. The first kappa shape index (κ1) is 15.2. The van der Waals surface area contributed by atoms with E-state index in [9.17, 15) is 0 Å². The Morgan fingerprint density at radius 1 is 0.955 bits per heavy atom. The SMILES string of the molecule is Cl.c1ccc(C2CC2NCc2ccc3c(c2)OCCO3)cc1. The van der Waals surface area contributed by atoms with Gasteiger partial charge in [-0.3, -0.25) is 0 Å². The second kappa shape index (κ2) is 6.59. The zero-order chi connectivity index (χ0) is 14.1. The molecule has 0 aromatic heterocycles. The smallest absolute Gasteiger partial charge is 0.161 e. The Balaban J connectivity index is 0.00000144. The van der Waals surface area contributed by atoms with Crippen LogP contribution in [0.2, 0.25) is 0 Å². The van der Waals surface area contributed by atoms with Crippen LogP contribution in [0.5, 0.6) is 11.5 Å². The maximum atomic E-state index is 5.62. The predicted molar refractivity (Wildman–Crippen MR) is 89.1 cm³/mol. The lowest BCUT2D eigenvalue weighted by molar-refractivity contribution is 0.171. The predicted octanol–water partition coefficient (Wildman–Crippen LogP) is 3.53. The monoisotopic (exact) mass is 317 g/mol. The summed E-state index contributed by atoms with van der Waals surface area (Å²) < 4.78 is 11.2. The first-order valence-electron chi connectivity index (χ1n) is 7.57. The first-order chi connectivity index (χ1) is 10.4. The average molecular weight is 318 g/mol. The fourth-order valence-corrected chi connectivity index (χ4v) is 2.94. The summed E-state index contributed by atoms with van der Waals surface area (Å²) in [6.45, 7) is 2.17. The van der Waals surface area contributed by atoms with Crippen molar-refractivity contribution in [1.29, 1.82) is 0 Å². The molecule has 0 radical (unpaired) electrons. The van der Waals surface area contributed by atoms with Crippen LogP contribution in [0.1, 0.15) is 23.5 Å². The van der Waals surface area contributed by atoms with Crippen molar-refractivity contribution in [2.45, 2.75) is 24.9 Å². The van der Waals surface area contributed by atoms with Gasteiger partial charge in [0.1, 0.15) is 13.2 Å². The minimum absolute atomic E-state index is 0. The Bertz CT molecular complexity index is 632. The molecule has 0 saturated heterocycles. The lowest BCUT2D eigenvalue weighted by Crippen LogP contribution is -2.18. The van der Waals surface area contributed by atoms with Crippen molar-refractivity contribution >= 4 is 12.4 Å². The Labute approximate surface area is 137 Å². The van der Waals surface area contributed by atoms with Gasteiger partial charge in [0, 0.05) is 18.5 Å². The zero-order valence-corrected chi connectivity index (χ0v) is 13.1. The van der Waals surface area contributed by atoms with Gasteiger partial charge in [0.15, 0.2) is 11.5 Å². The summed E-state index contributed by atoms with van der Waals surface area (Å²) in [5.74, 6) is 2.40. The molecule has 116 valence electrons. The minimum Gasteiger partial charge on any atom is -0.486 e. The zero-order valence-electron chi connectivity index (χ0n) is 12.3. The molecular formula is C18H20ClNO2. The van der Waals surface area contributed by atoms with E-state index in [2.05, 4.69) is 47.8 Å². The third-order valence-corrected chi connectivity index (χ3v) is 4.19. The largest absolute Gasteiger partial charge is 0.486 e. The van der Waals surface area contributed by atoms with Crippen molar-refractivity contribution in [3.63, 3.8) is 0 Å². The van der Waals surface area contributed by atoms with Gasteiger partial charge in [-0.05, 0) is 29.7 Å². The van der Waals surface area contributed by atoms with Gasteiger partial charge in [-0.25, -0.2) is 0 Å². The highest BCUT2D eigenvalue weighted by molar-refractivity contribution is 5.85. The van der Waals surface area contributed by atoms with Crippen LogP contribution in [-0.4, -0.2) is 19.3 Å². The van der Waals surface area contributed by atoms with Gasteiger partial charge in [0.2, 0.25) is 0 Å². The molecule has 1 heterocycles. The van der Waals surface area contributed by atoms with Gasteiger partial charge < -0.3 is 14.8 Å². The lowest BCUT2D eigenvalue weighted by Gasteiger charge is -2.19. The highest BCUT2D eigenvalue weighted by Crippen LogP contribution is 2.41. The van der Waals surface area contributed by atoms with Crippen molar-refractivity contribution in [3.05, 3.63) is 59.7 Å². The maximum Gasteiger partial charge on any atom is 0.161 e. The van der Waals surface area contributed by atoms with Crippen LogP contribution in [0, 0.1) is 0 Å². The van der Waals surface area contributed by atoms with Crippen LogP contribution in [0.3, 0.4) is 0 Å². The number of benzene rings is 2. The van der Waals surface area contributed by atoms with E-state index in [-0.39, 0.29) is 12.4 Å². The Morgan fingerprint density at radius 2 is 1.73 bits per heavy atom. The summed E-state index contributed by atoms with van der Waals surface area (Å²) in [6.07, 6.45) is 1.23. The maximum absolute atomic E-state index is 5.62. The molecule has 1 saturated carbocycles. The number of fused-ring (bicyclic) bond motifs is 1. The van der Waals surface area contributed by atoms with Crippen molar-refractivity contribution in [2.75, 3.05) is 13.2 Å². The summed E-state index contributed by atoms with van der Waals surface area (Å²) in [6, 6.07) is 17.5. The number of hydrogen-bond acceptors (Lipinski definition) is 3. The van der Waals surface area contributed by atoms with Crippen LogP contribution < -0.4 is 14.8 Å². The van der Waals surface area contributed by atoms with Gasteiger partial charge in [0.05, 0.1) is 0 Å². The molecular weight excluding hydrogens is 298 g/mol. The van der Waals surface area contributed by atoms with E-state index >= 15 is 0 Å². The summed E-state index contributed by atoms with van der Waals surface area (Å²) in [7, 11) is 0.